The van der Waals surface area contributed by atoms with Crippen LogP contribution in [0.1, 0.15) is 43.7 Å². The molecule has 2 heterocycles. The normalized spacial score (nSPS) is 20.0. The molecular formula is C22H22BrN3O2S. The molecule has 2 N–H and O–H groups in total. The van der Waals surface area contributed by atoms with Crippen molar-refractivity contribution in [2.75, 3.05) is 11.1 Å². The van der Waals surface area contributed by atoms with E-state index >= 15 is 0 Å². The monoisotopic (exact) mass is 471 g/mol. The van der Waals surface area contributed by atoms with Crippen molar-refractivity contribution in [2.24, 2.45) is 5.41 Å². The van der Waals surface area contributed by atoms with Crippen LogP contribution in [-0.2, 0) is 4.79 Å². The lowest BCUT2D eigenvalue weighted by Crippen LogP contribution is -2.37. The first-order chi connectivity index (χ1) is 13.8. The van der Waals surface area contributed by atoms with E-state index in [1.807, 2.05) is 24.3 Å². The minimum Gasteiger partial charge on any atom is -0.343 e. The number of aromatic amines is 1. The molecule has 1 aromatic heterocycles. The van der Waals surface area contributed by atoms with Gasteiger partial charge in [-0.2, -0.15) is 0 Å². The topological polar surface area (TPSA) is 74.8 Å². The van der Waals surface area contributed by atoms with Gasteiger partial charge in [0.15, 0.2) is 10.9 Å². The van der Waals surface area contributed by atoms with Crippen molar-refractivity contribution in [3.05, 3.63) is 74.1 Å². The molecule has 0 fully saturated rings. The third-order valence-electron chi connectivity index (χ3n) is 5.22. The third-order valence-corrected chi connectivity index (χ3v) is 6.58. The highest BCUT2D eigenvalue weighted by molar-refractivity contribution is 9.10. The average molecular weight is 472 g/mol. The lowest BCUT2D eigenvalue weighted by molar-refractivity contribution is -0.118. The molecule has 0 amide bonds. The summed E-state index contributed by atoms with van der Waals surface area (Å²) in [4.78, 5) is 33.8. The molecule has 7 heteroatoms. The number of anilines is 1. The maximum absolute atomic E-state index is 13.2. The van der Waals surface area contributed by atoms with E-state index < -0.39 is 5.92 Å². The van der Waals surface area contributed by atoms with Gasteiger partial charge in [0.25, 0.3) is 5.56 Å². The molecule has 2 aromatic rings. The number of thioether (sulfide) groups is 1. The summed E-state index contributed by atoms with van der Waals surface area (Å²) in [5.41, 5.74) is 2.61. The predicted molar refractivity (Wildman–Crippen MR) is 120 cm³/mol. The van der Waals surface area contributed by atoms with E-state index in [4.69, 9.17) is 0 Å². The van der Waals surface area contributed by atoms with Gasteiger partial charge in [0.1, 0.15) is 5.82 Å². The van der Waals surface area contributed by atoms with Crippen molar-refractivity contribution in [1.29, 1.82) is 0 Å². The van der Waals surface area contributed by atoms with Gasteiger partial charge in [-0.25, -0.2) is 4.98 Å². The van der Waals surface area contributed by atoms with Crippen LogP contribution in [0, 0.1) is 5.41 Å². The van der Waals surface area contributed by atoms with Crippen molar-refractivity contribution < 1.29 is 4.79 Å². The summed E-state index contributed by atoms with van der Waals surface area (Å²) in [6.45, 7) is 7.91. The number of ketones is 1. The molecule has 150 valence electrons. The molecule has 0 saturated carbocycles. The van der Waals surface area contributed by atoms with Gasteiger partial charge in [0.2, 0.25) is 0 Å². The van der Waals surface area contributed by atoms with Crippen molar-refractivity contribution in [2.45, 2.75) is 37.8 Å². The van der Waals surface area contributed by atoms with Gasteiger partial charge in [-0.3, -0.25) is 9.59 Å². The van der Waals surface area contributed by atoms with Crippen LogP contribution in [0.5, 0.6) is 0 Å². The number of nitrogens with zero attached hydrogens (tertiary/aromatic N) is 1. The van der Waals surface area contributed by atoms with Gasteiger partial charge in [-0.1, -0.05) is 59.7 Å². The number of benzene rings is 1. The fourth-order valence-electron chi connectivity index (χ4n) is 4.12. The van der Waals surface area contributed by atoms with Crippen LogP contribution in [0.3, 0.4) is 0 Å². The van der Waals surface area contributed by atoms with Crippen LogP contribution in [0.4, 0.5) is 5.82 Å². The van der Waals surface area contributed by atoms with Crippen LogP contribution in [0.2, 0.25) is 0 Å². The summed E-state index contributed by atoms with van der Waals surface area (Å²) in [6, 6.07) is 7.79. The lowest BCUT2D eigenvalue weighted by Gasteiger charge is -2.38. The molecular weight excluding hydrogens is 450 g/mol. The summed E-state index contributed by atoms with van der Waals surface area (Å²) in [6.07, 6.45) is 2.97. The molecule has 4 rings (SSSR count). The second kappa shape index (κ2) is 7.61. The number of hydrogen-bond donors (Lipinski definition) is 2. The fourth-order valence-corrected chi connectivity index (χ4v) is 5.13. The molecule has 5 nitrogen and oxygen atoms in total. The Labute approximate surface area is 182 Å². The van der Waals surface area contributed by atoms with E-state index in [-0.39, 0.29) is 16.8 Å². The summed E-state index contributed by atoms with van der Waals surface area (Å²) in [5.74, 6) is 0.839. The average Bonchev–Trinajstić information content (AvgIpc) is 2.63. The standard InChI is InChI=1S/C22H22BrN3O2S/c1-4-8-29-21-25-19-18(20(28)26-21)16(12-6-5-7-13(23)9-12)17-14(24-19)10-22(2,3)11-15(17)27/h4-7,9,16H,1,8,10-11H2,2-3H3,(H2,24,25,26,28). The van der Waals surface area contributed by atoms with E-state index in [1.54, 1.807) is 6.08 Å². The zero-order valence-corrected chi connectivity index (χ0v) is 18.7. The van der Waals surface area contributed by atoms with Crippen LogP contribution in [0.25, 0.3) is 0 Å². The Bertz CT molecular complexity index is 1100. The first kappa shape index (κ1) is 20.2. The van der Waals surface area contributed by atoms with Crippen molar-refractivity contribution in [1.82, 2.24) is 9.97 Å². The number of nitrogens with one attached hydrogen (secondary N) is 2. The van der Waals surface area contributed by atoms with E-state index in [0.29, 0.717) is 34.3 Å². The van der Waals surface area contributed by atoms with Crippen LogP contribution in [0.15, 0.2) is 62.6 Å². The Morgan fingerprint density at radius 2 is 2.14 bits per heavy atom. The number of Topliss-reactive ketones (excluding diaryl/α,β-unsaturated/α-hetero) is 1. The highest BCUT2D eigenvalue weighted by Crippen LogP contribution is 2.47. The highest BCUT2D eigenvalue weighted by atomic mass is 79.9. The second-order valence-electron chi connectivity index (χ2n) is 8.18. The molecule has 0 radical (unpaired) electrons. The second-order valence-corrected chi connectivity index (χ2v) is 10.1. The molecule has 1 atom stereocenters. The molecule has 0 bridgehead atoms. The van der Waals surface area contributed by atoms with Gasteiger partial charge < -0.3 is 10.3 Å². The van der Waals surface area contributed by atoms with Crippen molar-refractivity contribution >= 4 is 39.3 Å². The molecule has 0 saturated heterocycles. The van der Waals surface area contributed by atoms with E-state index in [0.717, 1.165) is 22.2 Å². The van der Waals surface area contributed by atoms with Crippen LogP contribution < -0.4 is 10.9 Å². The highest BCUT2D eigenvalue weighted by Gasteiger charge is 2.42. The maximum atomic E-state index is 13.2. The van der Waals surface area contributed by atoms with Crippen LogP contribution in [-0.4, -0.2) is 21.5 Å². The number of rotatable bonds is 4. The van der Waals surface area contributed by atoms with Crippen molar-refractivity contribution in [3.8, 4) is 0 Å². The van der Waals surface area contributed by atoms with Crippen molar-refractivity contribution in [3.63, 3.8) is 0 Å². The van der Waals surface area contributed by atoms with Gasteiger partial charge in [0, 0.05) is 33.8 Å². The number of fused-ring (bicyclic) bond motifs is 1. The maximum Gasteiger partial charge on any atom is 0.257 e. The molecule has 1 unspecified atom stereocenters. The Morgan fingerprint density at radius 3 is 2.86 bits per heavy atom. The summed E-state index contributed by atoms with van der Waals surface area (Å²) < 4.78 is 0.906. The van der Waals surface area contributed by atoms with E-state index in [9.17, 15) is 9.59 Å². The number of carbonyl (C=O) groups is 1. The smallest absolute Gasteiger partial charge is 0.257 e. The minimum atomic E-state index is -0.433. The Hall–Kier alpha value is -2.12. The number of halogens is 1. The summed E-state index contributed by atoms with van der Waals surface area (Å²) >= 11 is 4.94. The third kappa shape index (κ3) is 3.85. The van der Waals surface area contributed by atoms with E-state index in [1.165, 1.54) is 11.8 Å². The first-order valence-electron chi connectivity index (χ1n) is 9.46. The molecule has 0 spiro atoms. The predicted octanol–water partition coefficient (Wildman–Crippen LogP) is 5.01. The molecule has 1 aliphatic heterocycles. The summed E-state index contributed by atoms with van der Waals surface area (Å²) in [7, 11) is 0. The van der Waals surface area contributed by atoms with Crippen LogP contribution >= 0.6 is 27.7 Å². The van der Waals surface area contributed by atoms with Gasteiger partial charge >= 0.3 is 0 Å². The zero-order valence-electron chi connectivity index (χ0n) is 16.3. The van der Waals surface area contributed by atoms with Gasteiger partial charge in [0.05, 0.1) is 5.56 Å². The fraction of sp³-hybridized carbons (Fsp3) is 0.318. The molecule has 1 aliphatic carbocycles. The SMILES string of the molecule is C=CCSc1nc2c(c(=O)[nH]1)C(c1cccc(Br)c1)C1=C(CC(C)(C)CC1=O)N2. The summed E-state index contributed by atoms with van der Waals surface area (Å²) in [5, 5.41) is 3.88. The molecule has 2 aliphatic rings. The zero-order chi connectivity index (χ0) is 20.8. The van der Waals surface area contributed by atoms with E-state index in [2.05, 4.69) is 51.6 Å². The number of hydrogen-bond acceptors (Lipinski definition) is 5. The quantitative estimate of drug-likeness (QED) is 0.372. The first-order valence-corrected chi connectivity index (χ1v) is 11.2. The molecule has 1 aromatic carbocycles. The lowest BCUT2D eigenvalue weighted by atomic mass is 9.69. The molecule has 29 heavy (non-hydrogen) atoms. The Morgan fingerprint density at radius 1 is 1.34 bits per heavy atom. The number of aromatic nitrogens is 2. The number of carbonyl (C=O) groups excluding carboxylic acids is 1. The van der Waals surface area contributed by atoms with Gasteiger partial charge in [-0.05, 0) is 29.5 Å². The Kier molecular flexibility index (Phi) is 5.29. The largest absolute Gasteiger partial charge is 0.343 e. The Balaban J connectivity index is 1.93. The number of H-pyrrole nitrogens is 1. The number of allylic oxidation sites excluding steroid dienone is 2. The minimum absolute atomic E-state index is 0.0869. The van der Waals surface area contributed by atoms with Gasteiger partial charge in [-0.15, -0.1) is 6.58 Å².